The number of aliphatic hydroxyl groups is 1. The van der Waals surface area contributed by atoms with Crippen LogP contribution in [-0.4, -0.2) is 46.7 Å². The molecule has 4 nitrogen and oxygen atoms in total. The zero-order chi connectivity index (χ0) is 13.4. The Morgan fingerprint density at radius 1 is 1.17 bits per heavy atom. The SMILES string of the molecule is COCCO[Si](C)(OCC(C)O)c1ccccc1. The minimum absolute atomic E-state index is 0.282. The second-order valence-electron chi connectivity index (χ2n) is 4.31. The van der Waals surface area contributed by atoms with Crippen molar-refractivity contribution in [2.45, 2.75) is 19.6 Å². The summed E-state index contributed by atoms with van der Waals surface area (Å²) in [6.07, 6.45) is -0.494. The highest BCUT2D eigenvalue weighted by Crippen LogP contribution is 2.09. The van der Waals surface area contributed by atoms with Crippen molar-refractivity contribution >= 4 is 13.7 Å². The van der Waals surface area contributed by atoms with Crippen molar-refractivity contribution in [3.8, 4) is 0 Å². The van der Waals surface area contributed by atoms with Gasteiger partial charge in [0.15, 0.2) is 0 Å². The Balaban J connectivity index is 2.73. The first kappa shape index (κ1) is 15.3. The standard InChI is InChI=1S/C13H22O4Si/c1-12(14)11-17-18(3,16-10-9-15-2)13-7-5-4-6-8-13/h4-8,12,14H,9-11H2,1-3H3. The van der Waals surface area contributed by atoms with Gasteiger partial charge in [0.2, 0.25) is 0 Å². The van der Waals surface area contributed by atoms with Crippen LogP contribution in [0.1, 0.15) is 6.92 Å². The summed E-state index contributed by atoms with van der Waals surface area (Å²) in [5.41, 5.74) is 0. The van der Waals surface area contributed by atoms with Crippen LogP contribution in [0.4, 0.5) is 0 Å². The van der Waals surface area contributed by atoms with Crippen LogP contribution in [-0.2, 0) is 13.6 Å². The maximum Gasteiger partial charge on any atom is 0.369 e. The number of ether oxygens (including phenoxy) is 1. The van der Waals surface area contributed by atoms with E-state index in [0.29, 0.717) is 13.2 Å². The summed E-state index contributed by atoms with van der Waals surface area (Å²) in [5.74, 6) is 0. The maximum absolute atomic E-state index is 9.35. The molecule has 1 rings (SSSR count). The second-order valence-corrected chi connectivity index (χ2v) is 7.36. The highest BCUT2D eigenvalue weighted by atomic mass is 28.4. The van der Waals surface area contributed by atoms with Gasteiger partial charge in [-0.3, -0.25) is 0 Å². The van der Waals surface area contributed by atoms with Gasteiger partial charge in [-0.1, -0.05) is 30.3 Å². The Kier molecular flexibility index (Phi) is 6.52. The van der Waals surface area contributed by atoms with E-state index < -0.39 is 14.7 Å². The normalized spacial score (nSPS) is 16.2. The first-order chi connectivity index (χ1) is 8.58. The molecule has 0 bridgehead atoms. The van der Waals surface area contributed by atoms with Gasteiger partial charge in [-0.2, -0.15) is 0 Å². The van der Waals surface area contributed by atoms with Gasteiger partial charge in [-0.05, 0) is 18.7 Å². The van der Waals surface area contributed by atoms with E-state index in [9.17, 15) is 5.11 Å². The minimum atomic E-state index is -2.47. The van der Waals surface area contributed by atoms with Gasteiger partial charge in [0.25, 0.3) is 0 Å². The summed E-state index contributed by atoms with van der Waals surface area (Å²) >= 11 is 0. The summed E-state index contributed by atoms with van der Waals surface area (Å²) in [6.45, 7) is 5.00. The molecule has 0 heterocycles. The van der Waals surface area contributed by atoms with Gasteiger partial charge in [0.1, 0.15) is 0 Å². The molecular formula is C13H22O4Si. The smallest absolute Gasteiger partial charge is 0.369 e. The highest BCUT2D eigenvalue weighted by Gasteiger charge is 2.34. The lowest BCUT2D eigenvalue weighted by atomic mass is 10.4. The van der Waals surface area contributed by atoms with Crippen LogP contribution in [0.2, 0.25) is 6.55 Å². The van der Waals surface area contributed by atoms with E-state index in [1.165, 1.54) is 0 Å². The monoisotopic (exact) mass is 270 g/mol. The summed E-state index contributed by atoms with van der Waals surface area (Å²) in [4.78, 5) is 0. The van der Waals surface area contributed by atoms with E-state index in [4.69, 9.17) is 13.6 Å². The quantitative estimate of drug-likeness (QED) is 0.566. The topological polar surface area (TPSA) is 47.9 Å². The van der Waals surface area contributed by atoms with Crippen molar-refractivity contribution in [1.82, 2.24) is 0 Å². The number of methoxy groups -OCH3 is 1. The fourth-order valence-electron chi connectivity index (χ4n) is 1.55. The first-order valence-electron chi connectivity index (χ1n) is 6.09. The fraction of sp³-hybridized carbons (Fsp3) is 0.538. The van der Waals surface area contributed by atoms with Crippen molar-refractivity contribution in [2.75, 3.05) is 26.9 Å². The van der Waals surface area contributed by atoms with Crippen LogP contribution >= 0.6 is 0 Å². The van der Waals surface area contributed by atoms with Crippen LogP contribution < -0.4 is 5.19 Å². The average Bonchev–Trinajstić information content (AvgIpc) is 2.38. The molecule has 1 N–H and O–H groups in total. The third kappa shape index (κ3) is 4.87. The molecule has 0 aliphatic carbocycles. The summed E-state index contributed by atoms with van der Waals surface area (Å²) in [5, 5.41) is 10.4. The van der Waals surface area contributed by atoms with Gasteiger partial charge >= 0.3 is 8.56 Å². The van der Waals surface area contributed by atoms with E-state index in [0.717, 1.165) is 5.19 Å². The number of hydrogen-bond donors (Lipinski definition) is 1. The van der Waals surface area contributed by atoms with E-state index >= 15 is 0 Å². The third-order valence-corrected chi connectivity index (χ3v) is 5.42. The molecule has 102 valence electrons. The molecule has 0 saturated carbocycles. The van der Waals surface area contributed by atoms with Gasteiger partial charge in [0, 0.05) is 7.11 Å². The molecule has 1 aromatic carbocycles. The molecule has 0 aliphatic rings. The van der Waals surface area contributed by atoms with Crippen molar-refractivity contribution in [3.05, 3.63) is 30.3 Å². The van der Waals surface area contributed by atoms with Gasteiger partial charge in [-0.15, -0.1) is 0 Å². The lowest BCUT2D eigenvalue weighted by molar-refractivity contribution is 0.0790. The van der Waals surface area contributed by atoms with Gasteiger partial charge < -0.3 is 18.7 Å². The van der Waals surface area contributed by atoms with Gasteiger partial charge in [-0.25, -0.2) is 0 Å². The van der Waals surface area contributed by atoms with Crippen LogP contribution in [0.15, 0.2) is 30.3 Å². The van der Waals surface area contributed by atoms with E-state index in [1.54, 1.807) is 14.0 Å². The molecule has 5 heteroatoms. The highest BCUT2D eigenvalue weighted by molar-refractivity contribution is 6.79. The number of aliphatic hydroxyl groups excluding tert-OH is 1. The fourth-order valence-corrected chi connectivity index (χ4v) is 3.80. The van der Waals surface area contributed by atoms with Crippen LogP contribution in [0, 0.1) is 0 Å². The second kappa shape index (κ2) is 7.65. The number of benzene rings is 1. The number of hydrogen-bond acceptors (Lipinski definition) is 4. The largest absolute Gasteiger partial charge is 0.391 e. The zero-order valence-corrected chi connectivity index (χ0v) is 12.3. The van der Waals surface area contributed by atoms with Crippen LogP contribution in [0.5, 0.6) is 0 Å². The first-order valence-corrected chi connectivity index (χ1v) is 8.40. The molecule has 0 radical (unpaired) electrons. The Bertz CT molecular complexity index is 331. The van der Waals surface area contributed by atoms with Crippen LogP contribution in [0.3, 0.4) is 0 Å². The molecule has 1 aromatic rings. The van der Waals surface area contributed by atoms with Crippen LogP contribution in [0.25, 0.3) is 0 Å². The molecule has 0 saturated heterocycles. The van der Waals surface area contributed by atoms with Crippen molar-refractivity contribution in [2.24, 2.45) is 0 Å². The summed E-state index contributed by atoms with van der Waals surface area (Å²) < 4.78 is 16.7. The molecule has 0 fully saturated rings. The summed E-state index contributed by atoms with van der Waals surface area (Å²) in [6, 6.07) is 9.89. The van der Waals surface area contributed by atoms with Crippen molar-refractivity contribution in [1.29, 1.82) is 0 Å². The molecule has 18 heavy (non-hydrogen) atoms. The Morgan fingerprint density at radius 3 is 2.39 bits per heavy atom. The molecule has 0 aliphatic heterocycles. The van der Waals surface area contributed by atoms with Gasteiger partial charge in [0.05, 0.1) is 25.9 Å². The Morgan fingerprint density at radius 2 is 1.83 bits per heavy atom. The molecule has 2 atom stereocenters. The predicted octanol–water partition coefficient (Wildman–Crippen LogP) is 1.03. The predicted molar refractivity (Wildman–Crippen MR) is 73.2 cm³/mol. The molecule has 0 spiro atoms. The van der Waals surface area contributed by atoms with E-state index in [-0.39, 0.29) is 6.61 Å². The molecule has 0 amide bonds. The maximum atomic E-state index is 9.35. The lowest BCUT2D eigenvalue weighted by Crippen LogP contribution is -2.52. The molecule has 2 unspecified atom stereocenters. The van der Waals surface area contributed by atoms with Crippen molar-refractivity contribution in [3.63, 3.8) is 0 Å². The lowest BCUT2D eigenvalue weighted by Gasteiger charge is -2.28. The minimum Gasteiger partial charge on any atom is -0.391 e. The summed E-state index contributed by atoms with van der Waals surface area (Å²) in [7, 11) is -0.825. The molecular weight excluding hydrogens is 248 g/mol. The van der Waals surface area contributed by atoms with E-state index in [2.05, 4.69) is 0 Å². The Labute approximate surface area is 110 Å². The Hall–Kier alpha value is -0.723. The third-order valence-electron chi connectivity index (χ3n) is 2.56. The molecule has 0 aromatic heterocycles. The zero-order valence-electron chi connectivity index (χ0n) is 11.3. The number of rotatable bonds is 8. The van der Waals surface area contributed by atoms with Crippen molar-refractivity contribution < 1.29 is 18.7 Å². The average molecular weight is 270 g/mol. The van der Waals surface area contributed by atoms with E-state index in [1.807, 2.05) is 36.9 Å².